The van der Waals surface area contributed by atoms with Crippen LogP contribution in [0.2, 0.25) is 0 Å². The third-order valence-corrected chi connectivity index (χ3v) is 12.3. The van der Waals surface area contributed by atoms with Crippen LogP contribution in [0.3, 0.4) is 0 Å². The van der Waals surface area contributed by atoms with Gasteiger partial charge in [-0.1, -0.05) is 27.7 Å². The van der Waals surface area contributed by atoms with E-state index in [9.17, 15) is 92.3 Å². The summed E-state index contributed by atoms with van der Waals surface area (Å²) in [7, 11) is 0. The van der Waals surface area contributed by atoms with Gasteiger partial charge in [0.1, 0.15) is 60.4 Å². The molecule has 81 heavy (non-hydrogen) atoms. The van der Waals surface area contributed by atoms with Gasteiger partial charge in [0.2, 0.25) is 70.9 Å². The number of hydrogen-bond acceptors (Lipinski definition) is 18. The molecule has 33 heteroatoms. The molecular weight excluding hydrogens is 1080 g/mol. The number of nitrogens with two attached hydrogens (primary N) is 5. The summed E-state index contributed by atoms with van der Waals surface area (Å²) in [5.41, 5.74) is 27.2. The van der Waals surface area contributed by atoms with Crippen LogP contribution in [-0.4, -0.2) is 194 Å². The number of rotatable bonds is 39. The Balaban J connectivity index is 3.59. The van der Waals surface area contributed by atoms with Gasteiger partial charge in [0.15, 0.2) is 0 Å². The van der Waals surface area contributed by atoms with Crippen LogP contribution in [-0.2, 0) is 71.9 Å². The van der Waals surface area contributed by atoms with Crippen LogP contribution < -0.4 is 71.2 Å². The topological polar surface area (TPSA) is 567 Å². The average molecular weight is 1160 g/mol. The SMILES string of the molecule is CC(C)C[C@H](NC(=O)[C@H](CC(N)=O)NC(=O)[C@H](CC(C)C)NC(=O)[C@@H](N)CO)C(=O)N[C@@H](CCC(N)=O)C(=O)N[C@@H](CCCCN)C(=O)N[C@@H](CC(=O)O)C(=O)N[C@@H](CCC(=O)O)C(=O)N1CCC[C@H]1C(=O)N[C@@H](CC(N)=O)C(=O)O. The summed E-state index contributed by atoms with van der Waals surface area (Å²) in [4.78, 5) is 195. The summed E-state index contributed by atoms with van der Waals surface area (Å²) in [6.07, 6.45) is -5.12. The van der Waals surface area contributed by atoms with Crippen molar-refractivity contribution >= 4 is 88.8 Å². The number of likely N-dealkylation sites (tertiary alicyclic amines) is 1. The number of aliphatic carboxylic acids is 3. The molecule has 0 spiro atoms. The smallest absolute Gasteiger partial charge is 0.326 e. The lowest BCUT2D eigenvalue weighted by Crippen LogP contribution is -2.61. The summed E-state index contributed by atoms with van der Waals surface area (Å²) in [6, 6.07) is -16.4. The lowest BCUT2D eigenvalue weighted by molar-refractivity contribution is -0.146. The number of primary amides is 3. The van der Waals surface area contributed by atoms with E-state index in [1.807, 2.05) is 0 Å². The monoisotopic (exact) mass is 1160 g/mol. The minimum atomic E-state index is -2.05. The molecule has 0 aromatic heterocycles. The van der Waals surface area contributed by atoms with Crippen LogP contribution in [0.1, 0.15) is 118 Å². The number of aliphatic hydroxyl groups excluding tert-OH is 1. The van der Waals surface area contributed by atoms with Gasteiger partial charge in [-0.2, -0.15) is 0 Å². The van der Waals surface area contributed by atoms with Crippen molar-refractivity contribution in [3.8, 4) is 0 Å². The van der Waals surface area contributed by atoms with E-state index in [2.05, 4.69) is 42.5 Å². The number of carboxylic acid groups (broad SMARTS) is 3. The molecule has 1 rings (SSSR count). The van der Waals surface area contributed by atoms with Gasteiger partial charge in [-0.25, -0.2) is 4.79 Å². The Hall–Kier alpha value is -8.07. The molecule has 1 heterocycles. The maximum Gasteiger partial charge on any atom is 0.326 e. The van der Waals surface area contributed by atoms with Crippen molar-refractivity contribution in [3.63, 3.8) is 0 Å². The van der Waals surface area contributed by atoms with Crippen molar-refractivity contribution in [2.24, 2.45) is 40.5 Å². The first-order valence-electron chi connectivity index (χ1n) is 26.1. The van der Waals surface area contributed by atoms with Crippen molar-refractivity contribution in [2.75, 3.05) is 19.7 Å². The highest BCUT2D eigenvalue weighted by Gasteiger charge is 2.41. The van der Waals surface area contributed by atoms with E-state index in [0.717, 1.165) is 4.90 Å². The number of amides is 12. The largest absolute Gasteiger partial charge is 0.481 e. The molecule has 1 fully saturated rings. The van der Waals surface area contributed by atoms with Gasteiger partial charge in [0, 0.05) is 19.4 Å². The maximum atomic E-state index is 14.2. The average Bonchev–Trinajstić information content (AvgIpc) is 3.90. The highest BCUT2D eigenvalue weighted by Crippen LogP contribution is 2.21. The quantitative estimate of drug-likeness (QED) is 0.0254. The Bertz CT molecular complexity index is 2290. The zero-order valence-electron chi connectivity index (χ0n) is 45.7. The van der Waals surface area contributed by atoms with E-state index in [-0.39, 0.29) is 69.9 Å². The number of carbonyl (C=O) groups is 15. The Morgan fingerprint density at radius 3 is 1.36 bits per heavy atom. The molecule has 0 aromatic carbocycles. The molecule has 1 aliphatic rings. The second-order valence-corrected chi connectivity index (χ2v) is 20.2. The van der Waals surface area contributed by atoms with E-state index in [0.29, 0.717) is 0 Å². The summed E-state index contributed by atoms with van der Waals surface area (Å²) in [5.74, 6) is -18.2. The lowest BCUT2D eigenvalue weighted by Gasteiger charge is -2.30. The first-order valence-corrected chi connectivity index (χ1v) is 26.1. The van der Waals surface area contributed by atoms with Crippen LogP contribution in [0.5, 0.6) is 0 Å². The van der Waals surface area contributed by atoms with Crippen LogP contribution in [0.25, 0.3) is 0 Å². The molecule has 1 aliphatic heterocycles. The van der Waals surface area contributed by atoms with E-state index in [1.165, 1.54) is 0 Å². The molecule has 0 aromatic rings. The van der Waals surface area contributed by atoms with Gasteiger partial charge in [0.05, 0.1) is 25.9 Å². The van der Waals surface area contributed by atoms with Gasteiger partial charge in [-0.15, -0.1) is 0 Å². The first kappa shape index (κ1) is 70.9. The van der Waals surface area contributed by atoms with Crippen molar-refractivity contribution in [1.29, 1.82) is 0 Å². The zero-order valence-corrected chi connectivity index (χ0v) is 45.7. The summed E-state index contributed by atoms with van der Waals surface area (Å²) < 4.78 is 0. The van der Waals surface area contributed by atoms with Crippen molar-refractivity contribution in [1.82, 2.24) is 47.4 Å². The Labute approximate surface area is 465 Å². The molecule has 12 amide bonds. The van der Waals surface area contributed by atoms with Crippen molar-refractivity contribution < 1.29 is 92.3 Å². The van der Waals surface area contributed by atoms with Gasteiger partial charge in [0.25, 0.3) is 0 Å². The molecule has 0 unspecified atom stereocenters. The predicted molar refractivity (Wildman–Crippen MR) is 280 cm³/mol. The molecule has 456 valence electrons. The second-order valence-electron chi connectivity index (χ2n) is 20.2. The fourth-order valence-electron chi connectivity index (χ4n) is 8.21. The Kier molecular flexibility index (Phi) is 31.1. The zero-order chi connectivity index (χ0) is 61.8. The fraction of sp³-hybridized carbons (Fsp3) is 0.688. The second kappa shape index (κ2) is 35.5. The normalized spacial score (nSPS) is 16.3. The minimum absolute atomic E-state index is 0.00811. The lowest BCUT2D eigenvalue weighted by atomic mass is 10.00. The number of carbonyl (C=O) groups excluding carboxylic acids is 12. The number of carboxylic acids is 3. The molecule has 1 saturated heterocycles. The fourth-order valence-corrected chi connectivity index (χ4v) is 8.21. The number of nitrogens with one attached hydrogen (secondary N) is 8. The van der Waals surface area contributed by atoms with Crippen LogP contribution >= 0.6 is 0 Å². The van der Waals surface area contributed by atoms with E-state index < -0.39 is 201 Å². The summed E-state index contributed by atoms with van der Waals surface area (Å²) >= 11 is 0. The Morgan fingerprint density at radius 1 is 0.494 bits per heavy atom. The predicted octanol–water partition coefficient (Wildman–Crippen LogP) is -7.16. The molecular formula is C48H80N14O19. The standard InChI is InChI=1S/C48H80N14O19/c1-22(2)16-28(57-39(71)24(50)21-63)43(75)59-30(18-35(52)65)44(76)58-29(17-23(3)4)42(74)55-26(10-12-34(51)64)41(73)54-25(8-5-6-14-49)40(72)60-31(20-38(69)70)45(77)56-27(11-13-37(67)68)47(79)62-15-7-9-33(62)46(78)61-32(48(80)81)19-36(53)66/h22-33,63H,5-21,49-50H2,1-4H3,(H2,51,64)(H2,52,65)(H2,53,66)(H,54,73)(H,55,74)(H,56,77)(H,57,71)(H,58,76)(H,59,75)(H,60,72)(H,61,78)(H,67,68)(H,69,70)(H,80,81)/t24-,25-,26-,27-,28-,29-,30-,31-,32-,33-/m0/s1. The molecule has 0 bridgehead atoms. The van der Waals surface area contributed by atoms with Crippen LogP contribution in [0.4, 0.5) is 0 Å². The van der Waals surface area contributed by atoms with Gasteiger partial charge >= 0.3 is 17.9 Å². The third-order valence-electron chi connectivity index (χ3n) is 12.3. The van der Waals surface area contributed by atoms with Crippen LogP contribution in [0.15, 0.2) is 0 Å². The number of hydrogen-bond donors (Lipinski definition) is 17. The molecule has 33 nitrogen and oxygen atoms in total. The van der Waals surface area contributed by atoms with Gasteiger partial charge < -0.3 is 96.5 Å². The van der Waals surface area contributed by atoms with Crippen LogP contribution in [0, 0.1) is 11.8 Å². The van der Waals surface area contributed by atoms with Gasteiger partial charge in [-0.05, 0) is 76.2 Å². The molecule has 0 aliphatic carbocycles. The molecule has 22 N–H and O–H groups in total. The van der Waals surface area contributed by atoms with Gasteiger partial charge in [-0.3, -0.25) is 67.1 Å². The highest BCUT2D eigenvalue weighted by atomic mass is 16.4. The summed E-state index contributed by atoms with van der Waals surface area (Å²) in [5, 5.41) is 56.7. The summed E-state index contributed by atoms with van der Waals surface area (Å²) in [6.45, 7) is 5.91. The third kappa shape index (κ3) is 26.6. The molecule has 10 atom stereocenters. The highest BCUT2D eigenvalue weighted by molar-refractivity contribution is 6.00. The first-order chi connectivity index (χ1) is 37.8. The van der Waals surface area contributed by atoms with Crippen molar-refractivity contribution in [2.45, 2.75) is 178 Å². The van der Waals surface area contributed by atoms with Crippen molar-refractivity contribution in [3.05, 3.63) is 0 Å². The molecule has 0 saturated carbocycles. The van der Waals surface area contributed by atoms with E-state index in [4.69, 9.17) is 28.7 Å². The number of unbranched alkanes of at least 4 members (excludes halogenated alkanes) is 1. The Morgan fingerprint density at radius 2 is 0.914 bits per heavy atom. The number of aliphatic hydroxyl groups is 1. The molecule has 0 radical (unpaired) electrons. The maximum absolute atomic E-state index is 14.2. The number of nitrogens with zero attached hydrogens (tertiary/aromatic N) is 1. The van der Waals surface area contributed by atoms with E-state index >= 15 is 0 Å². The minimum Gasteiger partial charge on any atom is -0.481 e. The van der Waals surface area contributed by atoms with E-state index in [1.54, 1.807) is 27.7 Å².